The average Bonchev–Trinajstić information content (AvgIpc) is 2.22. The van der Waals surface area contributed by atoms with Crippen LogP contribution in [0.15, 0.2) is 18.2 Å². The molecule has 1 amide bonds. The SMILES string of the molecule is Cc1ccc(C)c(N[C@@H](C)C(=O)NC(C)C)c1. The molecule has 0 aliphatic rings. The number of hydrogen-bond acceptors (Lipinski definition) is 2. The molecule has 0 unspecified atom stereocenters. The summed E-state index contributed by atoms with van der Waals surface area (Å²) in [7, 11) is 0. The Morgan fingerprint density at radius 1 is 1.18 bits per heavy atom. The minimum atomic E-state index is -0.224. The molecule has 0 radical (unpaired) electrons. The van der Waals surface area contributed by atoms with Crippen LogP contribution in [0.1, 0.15) is 31.9 Å². The van der Waals surface area contributed by atoms with Gasteiger partial charge in [-0.2, -0.15) is 0 Å². The van der Waals surface area contributed by atoms with Crippen LogP contribution in [0.4, 0.5) is 5.69 Å². The first-order chi connectivity index (χ1) is 7.90. The van der Waals surface area contributed by atoms with Crippen molar-refractivity contribution in [3.05, 3.63) is 29.3 Å². The molecular formula is C14H22N2O. The standard InChI is InChI=1S/C14H22N2O/c1-9(2)15-14(17)12(5)16-13-8-10(3)6-7-11(13)4/h6-9,12,16H,1-5H3,(H,15,17)/t12-/m0/s1. The molecule has 0 aliphatic carbocycles. The highest BCUT2D eigenvalue weighted by Crippen LogP contribution is 2.17. The minimum absolute atomic E-state index is 0.0286. The topological polar surface area (TPSA) is 41.1 Å². The van der Waals surface area contributed by atoms with Crippen molar-refractivity contribution in [3.8, 4) is 0 Å². The van der Waals surface area contributed by atoms with E-state index in [1.807, 2.05) is 34.6 Å². The van der Waals surface area contributed by atoms with E-state index in [4.69, 9.17) is 0 Å². The van der Waals surface area contributed by atoms with E-state index < -0.39 is 0 Å². The predicted molar refractivity (Wildman–Crippen MR) is 72.3 cm³/mol. The van der Waals surface area contributed by atoms with Crippen LogP contribution in [0.3, 0.4) is 0 Å². The maximum Gasteiger partial charge on any atom is 0.242 e. The molecule has 0 aromatic heterocycles. The second-order valence-electron chi connectivity index (χ2n) is 4.85. The van der Waals surface area contributed by atoms with Gasteiger partial charge in [-0.1, -0.05) is 12.1 Å². The first-order valence-electron chi connectivity index (χ1n) is 6.04. The molecule has 2 N–H and O–H groups in total. The van der Waals surface area contributed by atoms with Crippen molar-refractivity contribution in [2.24, 2.45) is 0 Å². The summed E-state index contributed by atoms with van der Waals surface area (Å²) in [5.41, 5.74) is 3.37. The summed E-state index contributed by atoms with van der Waals surface area (Å²) < 4.78 is 0. The van der Waals surface area contributed by atoms with Gasteiger partial charge in [0, 0.05) is 11.7 Å². The normalized spacial score (nSPS) is 12.4. The molecule has 1 aromatic carbocycles. The van der Waals surface area contributed by atoms with Gasteiger partial charge < -0.3 is 10.6 Å². The Labute approximate surface area is 104 Å². The third-order valence-corrected chi connectivity index (χ3v) is 2.59. The molecule has 3 nitrogen and oxygen atoms in total. The number of aryl methyl sites for hydroxylation is 2. The lowest BCUT2D eigenvalue weighted by molar-refractivity contribution is -0.122. The molecule has 0 fully saturated rings. The molecule has 0 saturated carbocycles. The Balaban J connectivity index is 2.70. The van der Waals surface area contributed by atoms with E-state index in [2.05, 4.69) is 28.8 Å². The number of anilines is 1. The molecule has 3 heteroatoms. The Morgan fingerprint density at radius 2 is 1.82 bits per heavy atom. The monoisotopic (exact) mass is 234 g/mol. The number of amides is 1. The summed E-state index contributed by atoms with van der Waals surface area (Å²) in [5, 5.41) is 6.14. The van der Waals surface area contributed by atoms with Crippen molar-refractivity contribution < 1.29 is 4.79 Å². The first kappa shape index (κ1) is 13.6. The second-order valence-corrected chi connectivity index (χ2v) is 4.85. The molecule has 1 atom stereocenters. The van der Waals surface area contributed by atoms with E-state index in [1.54, 1.807) is 0 Å². The maximum atomic E-state index is 11.8. The van der Waals surface area contributed by atoms with Crippen LogP contribution in [-0.4, -0.2) is 18.0 Å². The van der Waals surface area contributed by atoms with Gasteiger partial charge in [0.25, 0.3) is 0 Å². The molecule has 17 heavy (non-hydrogen) atoms. The van der Waals surface area contributed by atoms with E-state index in [0.717, 1.165) is 11.3 Å². The lowest BCUT2D eigenvalue weighted by Crippen LogP contribution is -2.41. The van der Waals surface area contributed by atoms with Crippen LogP contribution in [-0.2, 0) is 4.79 Å². The van der Waals surface area contributed by atoms with Gasteiger partial charge in [-0.05, 0) is 51.8 Å². The van der Waals surface area contributed by atoms with E-state index in [9.17, 15) is 4.79 Å². The largest absolute Gasteiger partial charge is 0.374 e. The summed E-state index contributed by atoms with van der Waals surface area (Å²) in [6.07, 6.45) is 0. The fourth-order valence-corrected chi connectivity index (χ4v) is 1.60. The quantitative estimate of drug-likeness (QED) is 0.841. The van der Waals surface area contributed by atoms with E-state index in [1.165, 1.54) is 5.56 Å². The molecule has 1 aromatic rings. The number of carbonyl (C=O) groups excluding carboxylic acids is 1. The van der Waals surface area contributed by atoms with Crippen LogP contribution in [0.2, 0.25) is 0 Å². The zero-order valence-corrected chi connectivity index (χ0v) is 11.3. The lowest BCUT2D eigenvalue weighted by Gasteiger charge is -2.18. The fraction of sp³-hybridized carbons (Fsp3) is 0.500. The molecule has 1 rings (SSSR count). The second kappa shape index (κ2) is 5.71. The zero-order valence-electron chi connectivity index (χ0n) is 11.3. The Morgan fingerprint density at radius 3 is 2.41 bits per heavy atom. The summed E-state index contributed by atoms with van der Waals surface area (Å²) in [6, 6.07) is 6.14. The third kappa shape index (κ3) is 4.10. The summed E-state index contributed by atoms with van der Waals surface area (Å²) in [5.74, 6) is 0.0286. The number of benzene rings is 1. The van der Waals surface area contributed by atoms with E-state index in [0.29, 0.717) is 0 Å². The van der Waals surface area contributed by atoms with E-state index in [-0.39, 0.29) is 18.0 Å². The molecule has 0 heterocycles. The van der Waals surface area contributed by atoms with Gasteiger partial charge in [-0.3, -0.25) is 4.79 Å². The molecule has 0 spiro atoms. The molecule has 0 bridgehead atoms. The van der Waals surface area contributed by atoms with Crippen molar-refractivity contribution in [1.82, 2.24) is 5.32 Å². The number of hydrogen-bond donors (Lipinski definition) is 2. The van der Waals surface area contributed by atoms with Crippen LogP contribution in [0, 0.1) is 13.8 Å². The van der Waals surface area contributed by atoms with Crippen LogP contribution in [0.5, 0.6) is 0 Å². The van der Waals surface area contributed by atoms with Crippen LogP contribution in [0.25, 0.3) is 0 Å². The number of nitrogens with one attached hydrogen (secondary N) is 2. The van der Waals surface area contributed by atoms with Crippen LogP contribution >= 0.6 is 0 Å². The maximum absolute atomic E-state index is 11.8. The minimum Gasteiger partial charge on any atom is -0.374 e. The Kier molecular flexibility index (Phi) is 4.55. The number of carbonyl (C=O) groups is 1. The summed E-state index contributed by atoms with van der Waals surface area (Å²) in [6.45, 7) is 9.88. The van der Waals surface area contributed by atoms with E-state index >= 15 is 0 Å². The van der Waals surface area contributed by atoms with Gasteiger partial charge in [0.1, 0.15) is 6.04 Å². The van der Waals surface area contributed by atoms with Gasteiger partial charge in [-0.25, -0.2) is 0 Å². The smallest absolute Gasteiger partial charge is 0.242 e. The predicted octanol–water partition coefficient (Wildman–Crippen LogP) is 2.63. The Hall–Kier alpha value is -1.51. The molecule has 94 valence electrons. The summed E-state index contributed by atoms with van der Waals surface area (Å²) in [4.78, 5) is 11.8. The van der Waals surface area contributed by atoms with Crippen molar-refractivity contribution in [2.45, 2.75) is 46.7 Å². The van der Waals surface area contributed by atoms with Crippen LogP contribution < -0.4 is 10.6 Å². The highest BCUT2D eigenvalue weighted by Gasteiger charge is 2.13. The molecule has 0 saturated heterocycles. The van der Waals surface area contributed by atoms with Crippen molar-refractivity contribution in [2.75, 3.05) is 5.32 Å². The lowest BCUT2D eigenvalue weighted by atomic mass is 10.1. The fourth-order valence-electron chi connectivity index (χ4n) is 1.60. The van der Waals surface area contributed by atoms with Gasteiger partial charge in [0.2, 0.25) is 5.91 Å². The van der Waals surface area contributed by atoms with Gasteiger partial charge in [-0.15, -0.1) is 0 Å². The summed E-state index contributed by atoms with van der Waals surface area (Å²) >= 11 is 0. The first-order valence-corrected chi connectivity index (χ1v) is 6.04. The Bertz CT molecular complexity index is 399. The third-order valence-electron chi connectivity index (χ3n) is 2.59. The molecular weight excluding hydrogens is 212 g/mol. The highest BCUT2D eigenvalue weighted by atomic mass is 16.2. The zero-order chi connectivity index (χ0) is 13.0. The molecule has 0 aliphatic heterocycles. The number of rotatable bonds is 4. The van der Waals surface area contributed by atoms with Crippen molar-refractivity contribution in [3.63, 3.8) is 0 Å². The van der Waals surface area contributed by atoms with Crippen molar-refractivity contribution in [1.29, 1.82) is 0 Å². The highest BCUT2D eigenvalue weighted by molar-refractivity contribution is 5.84. The van der Waals surface area contributed by atoms with Gasteiger partial charge >= 0.3 is 0 Å². The van der Waals surface area contributed by atoms with Gasteiger partial charge in [0.15, 0.2) is 0 Å². The average molecular weight is 234 g/mol. The van der Waals surface area contributed by atoms with Crippen molar-refractivity contribution >= 4 is 11.6 Å². The van der Waals surface area contributed by atoms with Gasteiger partial charge in [0.05, 0.1) is 0 Å².